The summed E-state index contributed by atoms with van der Waals surface area (Å²) < 4.78 is 19.4. The van der Waals surface area contributed by atoms with Crippen molar-refractivity contribution < 1.29 is 8.81 Å². The lowest BCUT2D eigenvalue weighted by molar-refractivity contribution is 0.491. The van der Waals surface area contributed by atoms with Gasteiger partial charge in [0.05, 0.1) is 16.8 Å². The molecule has 0 unspecified atom stereocenters. The molecule has 1 N–H and O–H groups in total. The van der Waals surface area contributed by atoms with Crippen LogP contribution in [-0.4, -0.2) is 17.6 Å². The minimum Gasteiger partial charge on any atom is -0.441 e. The Morgan fingerprint density at radius 1 is 1.42 bits per heavy atom. The van der Waals surface area contributed by atoms with Crippen LogP contribution in [0.25, 0.3) is 11.3 Å². The van der Waals surface area contributed by atoms with Gasteiger partial charge in [-0.15, -0.1) is 0 Å². The van der Waals surface area contributed by atoms with Crippen LogP contribution in [0.5, 0.6) is 0 Å². The van der Waals surface area contributed by atoms with Gasteiger partial charge in [0.2, 0.25) is 0 Å². The summed E-state index contributed by atoms with van der Waals surface area (Å²) in [5.74, 6) is 0.562. The minimum absolute atomic E-state index is 0.0888. The van der Waals surface area contributed by atoms with Crippen LogP contribution >= 0.6 is 11.6 Å². The summed E-state index contributed by atoms with van der Waals surface area (Å²) in [6.45, 7) is 0.836. The number of nitrogens with one attached hydrogen (secondary N) is 1. The van der Waals surface area contributed by atoms with E-state index in [1.807, 2.05) is 0 Å². The molecule has 1 saturated carbocycles. The van der Waals surface area contributed by atoms with Crippen molar-refractivity contribution in [2.75, 3.05) is 6.54 Å². The molecule has 1 aromatic heterocycles. The fraction of sp³-hybridized carbons (Fsp3) is 0.357. The standard InChI is InChI=1S/C14H14ClFN2O/c15-11-3-1-2-10(14(11)16)12-8-18-13(19-12)6-7-17-9-4-5-9/h1-3,8-9,17H,4-7H2. The number of halogens is 2. The van der Waals surface area contributed by atoms with Crippen LogP contribution in [0, 0.1) is 5.82 Å². The molecule has 1 aliphatic carbocycles. The molecule has 0 radical (unpaired) electrons. The minimum atomic E-state index is -0.469. The van der Waals surface area contributed by atoms with Gasteiger partial charge in [-0.05, 0) is 25.0 Å². The average Bonchev–Trinajstić information content (AvgIpc) is 3.10. The van der Waals surface area contributed by atoms with Gasteiger partial charge in [0.1, 0.15) is 0 Å². The fourth-order valence-corrected chi connectivity index (χ4v) is 2.09. The van der Waals surface area contributed by atoms with Crippen LogP contribution in [0.3, 0.4) is 0 Å². The second-order valence-corrected chi connectivity index (χ2v) is 5.11. The number of aromatic nitrogens is 1. The molecular formula is C14H14ClFN2O. The van der Waals surface area contributed by atoms with Gasteiger partial charge in [0.25, 0.3) is 0 Å². The Hall–Kier alpha value is -1.39. The fourth-order valence-electron chi connectivity index (χ4n) is 1.92. The molecule has 1 heterocycles. The monoisotopic (exact) mass is 280 g/mol. The molecule has 1 aliphatic rings. The summed E-state index contributed by atoms with van der Waals surface area (Å²) in [4.78, 5) is 4.16. The molecule has 2 aromatic rings. The van der Waals surface area contributed by atoms with E-state index in [2.05, 4.69) is 10.3 Å². The second-order valence-electron chi connectivity index (χ2n) is 4.70. The third-order valence-electron chi connectivity index (χ3n) is 3.12. The van der Waals surface area contributed by atoms with Crippen molar-refractivity contribution in [3.05, 3.63) is 41.1 Å². The van der Waals surface area contributed by atoms with Gasteiger partial charge in [-0.25, -0.2) is 9.37 Å². The number of rotatable bonds is 5. The SMILES string of the molecule is Fc1c(Cl)cccc1-c1cnc(CCNC2CC2)o1. The smallest absolute Gasteiger partial charge is 0.196 e. The summed E-state index contributed by atoms with van der Waals surface area (Å²) in [6, 6.07) is 5.50. The van der Waals surface area contributed by atoms with Gasteiger partial charge in [0.15, 0.2) is 17.5 Å². The van der Waals surface area contributed by atoms with Crippen LogP contribution in [0.2, 0.25) is 5.02 Å². The van der Waals surface area contributed by atoms with E-state index in [0.717, 1.165) is 6.54 Å². The number of benzene rings is 1. The summed E-state index contributed by atoms with van der Waals surface area (Å²) in [7, 11) is 0. The van der Waals surface area contributed by atoms with Crippen molar-refractivity contribution in [1.82, 2.24) is 10.3 Å². The summed E-state index contributed by atoms with van der Waals surface area (Å²) in [5.41, 5.74) is 0.349. The third-order valence-corrected chi connectivity index (χ3v) is 3.41. The van der Waals surface area contributed by atoms with E-state index >= 15 is 0 Å². The van der Waals surface area contributed by atoms with Crippen molar-refractivity contribution in [2.45, 2.75) is 25.3 Å². The molecule has 0 atom stereocenters. The predicted molar refractivity (Wildman–Crippen MR) is 71.6 cm³/mol. The Bertz CT molecular complexity index is 581. The zero-order valence-corrected chi connectivity index (χ0v) is 11.1. The summed E-state index contributed by atoms with van der Waals surface area (Å²) >= 11 is 5.75. The van der Waals surface area contributed by atoms with Crippen LogP contribution in [0.15, 0.2) is 28.8 Å². The Morgan fingerprint density at radius 3 is 3.05 bits per heavy atom. The highest BCUT2D eigenvalue weighted by molar-refractivity contribution is 6.31. The van der Waals surface area contributed by atoms with Gasteiger partial charge in [-0.3, -0.25) is 0 Å². The molecular weight excluding hydrogens is 267 g/mol. The van der Waals surface area contributed by atoms with Gasteiger partial charge in [-0.1, -0.05) is 17.7 Å². The molecule has 3 rings (SSSR count). The maximum Gasteiger partial charge on any atom is 0.196 e. The zero-order chi connectivity index (χ0) is 13.2. The van der Waals surface area contributed by atoms with E-state index in [4.69, 9.17) is 16.0 Å². The topological polar surface area (TPSA) is 38.1 Å². The van der Waals surface area contributed by atoms with E-state index in [1.165, 1.54) is 18.9 Å². The first-order valence-electron chi connectivity index (χ1n) is 6.36. The average molecular weight is 281 g/mol. The predicted octanol–water partition coefficient (Wildman–Crippen LogP) is 3.43. The van der Waals surface area contributed by atoms with E-state index < -0.39 is 5.82 Å². The van der Waals surface area contributed by atoms with Gasteiger partial charge < -0.3 is 9.73 Å². The first-order valence-corrected chi connectivity index (χ1v) is 6.74. The van der Waals surface area contributed by atoms with E-state index in [1.54, 1.807) is 18.3 Å². The van der Waals surface area contributed by atoms with E-state index in [-0.39, 0.29) is 5.02 Å². The molecule has 0 aliphatic heterocycles. The number of hydrogen-bond acceptors (Lipinski definition) is 3. The largest absolute Gasteiger partial charge is 0.441 e. The van der Waals surface area contributed by atoms with Crippen molar-refractivity contribution in [2.24, 2.45) is 0 Å². The molecule has 5 heteroatoms. The van der Waals surface area contributed by atoms with Crippen LogP contribution < -0.4 is 5.32 Å². The Kier molecular flexibility index (Phi) is 3.53. The highest BCUT2D eigenvalue weighted by atomic mass is 35.5. The lowest BCUT2D eigenvalue weighted by Crippen LogP contribution is -2.19. The molecule has 3 nitrogen and oxygen atoms in total. The van der Waals surface area contributed by atoms with Crippen molar-refractivity contribution >= 4 is 11.6 Å². The Labute approximate surface area is 115 Å². The number of oxazole rings is 1. The molecule has 0 bridgehead atoms. The molecule has 19 heavy (non-hydrogen) atoms. The summed E-state index contributed by atoms with van der Waals surface area (Å²) in [6.07, 6.45) is 4.76. The highest BCUT2D eigenvalue weighted by Crippen LogP contribution is 2.28. The molecule has 1 aromatic carbocycles. The molecule has 0 spiro atoms. The maximum absolute atomic E-state index is 13.8. The lowest BCUT2D eigenvalue weighted by atomic mass is 10.2. The van der Waals surface area contributed by atoms with Crippen molar-refractivity contribution in [3.8, 4) is 11.3 Å². The highest BCUT2D eigenvalue weighted by Gasteiger charge is 2.20. The summed E-state index contributed by atoms with van der Waals surface area (Å²) in [5, 5.41) is 3.47. The van der Waals surface area contributed by atoms with Crippen LogP contribution in [-0.2, 0) is 6.42 Å². The normalized spacial score (nSPS) is 14.8. The van der Waals surface area contributed by atoms with Crippen LogP contribution in [0.4, 0.5) is 4.39 Å². The quantitative estimate of drug-likeness (QED) is 0.912. The second kappa shape index (κ2) is 5.31. The van der Waals surface area contributed by atoms with Gasteiger partial charge in [-0.2, -0.15) is 0 Å². The zero-order valence-electron chi connectivity index (χ0n) is 10.3. The molecule has 1 fully saturated rings. The first-order chi connectivity index (χ1) is 9.24. The molecule has 0 saturated heterocycles. The van der Waals surface area contributed by atoms with Gasteiger partial charge >= 0.3 is 0 Å². The number of hydrogen-bond donors (Lipinski definition) is 1. The molecule has 100 valence electrons. The Morgan fingerprint density at radius 2 is 2.26 bits per heavy atom. The van der Waals surface area contributed by atoms with Gasteiger partial charge in [0, 0.05) is 19.0 Å². The maximum atomic E-state index is 13.8. The van der Waals surface area contributed by atoms with Crippen LogP contribution in [0.1, 0.15) is 18.7 Å². The Balaban J connectivity index is 1.70. The van der Waals surface area contributed by atoms with E-state index in [0.29, 0.717) is 29.7 Å². The lowest BCUT2D eigenvalue weighted by Gasteiger charge is -2.01. The van der Waals surface area contributed by atoms with E-state index in [9.17, 15) is 4.39 Å². The number of nitrogens with zero attached hydrogens (tertiary/aromatic N) is 1. The third kappa shape index (κ3) is 2.96. The first kappa shape index (κ1) is 12.6. The van der Waals surface area contributed by atoms with Crippen molar-refractivity contribution in [1.29, 1.82) is 0 Å². The molecule has 0 amide bonds. The van der Waals surface area contributed by atoms with Crippen molar-refractivity contribution in [3.63, 3.8) is 0 Å².